The lowest BCUT2D eigenvalue weighted by Gasteiger charge is -2.29. The van der Waals surface area contributed by atoms with Crippen LogP contribution in [-0.4, -0.2) is 48.1 Å². The van der Waals surface area contributed by atoms with Gasteiger partial charge < -0.3 is 9.47 Å². The Balaban J connectivity index is 1.67. The van der Waals surface area contributed by atoms with Gasteiger partial charge in [-0.1, -0.05) is 12.1 Å². The van der Waals surface area contributed by atoms with E-state index < -0.39 is 0 Å². The maximum absolute atomic E-state index is 2.51. The maximum Gasteiger partial charge on any atom is 0.0498 e. The molecule has 124 valence electrons. The number of fused-ring (bicyclic) bond motifs is 1. The summed E-state index contributed by atoms with van der Waals surface area (Å²) in [6.45, 7) is 3.69. The second-order valence-corrected chi connectivity index (χ2v) is 7.66. The predicted molar refractivity (Wildman–Crippen MR) is 97.0 cm³/mol. The van der Waals surface area contributed by atoms with Gasteiger partial charge in [-0.25, -0.2) is 0 Å². The molecule has 1 aromatic heterocycles. The van der Waals surface area contributed by atoms with Gasteiger partial charge in [0.15, 0.2) is 0 Å². The summed E-state index contributed by atoms with van der Waals surface area (Å²) in [6, 6.07) is 10.2. The number of hydrogen-bond acceptors (Lipinski definition) is 2. The number of aromatic nitrogens is 1. The maximum atomic E-state index is 2.51. The summed E-state index contributed by atoms with van der Waals surface area (Å²) < 4.78 is 2.44. The summed E-state index contributed by atoms with van der Waals surface area (Å²) in [5, 5.41) is 1.40. The van der Waals surface area contributed by atoms with Gasteiger partial charge >= 0.3 is 0 Å². The van der Waals surface area contributed by atoms with Crippen molar-refractivity contribution in [2.45, 2.75) is 37.6 Å². The number of benzene rings is 1. The standard InChI is InChI=1S/C20H29N3/c1-21-11-8-15(9-12-21)16-6-7-17-14-20(23(3)19(17)13-16)18-5-4-10-22(18)2/h6-7,13-15,18H,4-5,8-12H2,1-3H3/t18-/m1/s1. The number of nitrogens with zero attached hydrogens (tertiary/aromatic N) is 3. The molecule has 0 aliphatic carbocycles. The molecule has 0 bridgehead atoms. The van der Waals surface area contributed by atoms with E-state index in [-0.39, 0.29) is 0 Å². The molecule has 2 saturated heterocycles. The first kappa shape index (κ1) is 15.2. The van der Waals surface area contributed by atoms with Crippen LogP contribution >= 0.6 is 0 Å². The molecule has 1 aromatic carbocycles. The van der Waals surface area contributed by atoms with Crippen molar-refractivity contribution in [2.75, 3.05) is 33.7 Å². The lowest BCUT2D eigenvalue weighted by molar-refractivity contribution is 0.255. The van der Waals surface area contributed by atoms with Crippen molar-refractivity contribution in [3.63, 3.8) is 0 Å². The van der Waals surface area contributed by atoms with Crippen LogP contribution in [0.15, 0.2) is 24.3 Å². The van der Waals surface area contributed by atoms with Crippen LogP contribution < -0.4 is 0 Å². The normalized spacial score (nSPS) is 24.7. The highest BCUT2D eigenvalue weighted by molar-refractivity contribution is 5.82. The second-order valence-electron chi connectivity index (χ2n) is 7.66. The Morgan fingerprint density at radius 1 is 0.913 bits per heavy atom. The van der Waals surface area contributed by atoms with Gasteiger partial charge in [-0.05, 0) is 88.4 Å². The molecule has 0 unspecified atom stereocenters. The van der Waals surface area contributed by atoms with Crippen LogP contribution in [0.25, 0.3) is 10.9 Å². The largest absolute Gasteiger partial charge is 0.346 e. The fourth-order valence-electron chi connectivity index (χ4n) is 4.57. The Bertz CT molecular complexity index is 694. The number of aryl methyl sites for hydroxylation is 1. The van der Waals surface area contributed by atoms with E-state index in [1.165, 1.54) is 67.5 Å². The van der Waals surface area contributed by atoms with Crippen LogP contribution in [0.1, 0.15) is 48.9 Å². The summed E-state index contributed by atoms with van der Waals surface area (Å²) >= 11 is 0. The predicted octanol–water partition coefficient (Wildman–Crippen LogP) is 3.75. The summed E-state index contributed by atoms with van der Waals surface area (Å²) in [5.74, 6) is 0.739. The molecule has 0 spiro atoms. The zero-order chi connectivity index (χ0) is 16.0. The molecular weight excluding hydrogens is 282 g/mol. The van der Waals surface area contributed by atoms with E-state index in [2.05, 4.69) is 59.8 Å². The third kappa shape index (κ3) is 2.70. The third-order valence-corrected chi connectivity index (χ3v) is 6.16. The van der Waals surface area contributed by atoms with Crippen LogP contribution in [-0.2, 0) is 7.05 Å². The van der Waals surface area contributed by atoms with Crippen molar-refractivity contribution in [1.82, 2.24) is 14.4 Å². The minimum atomic E-state index is 0.596. The topological polar surface area (TPSA) is 11.4 Å². The highest BCUT2D eigenvalue weighted by Gasteiger charge is 2.26. The average molecular weight is 311 g/mol. The van der Waals surface area contributed by atoms with E-state index in [1.807, 2.05) is 0 Å². The summed E-state index contributed by atoms with van der Waals surface area (Å²) in [6.07, 6.45) is 5.21. The van der Waals surface area contributed by atoms with Gasteiger partial charge in [-0.3, -0.25) is 4.90 Å². The van der Waals surface area contributed by atoms with Crippen molar-refractivity contribution in [1.29, 1.82) is 0 Å². The smallest absolute Gasteiger partial charge is 0.0498 e. The van der Waals surface area contributed by atoms with E-state index in [4.69, 9.17) is 0 Å². The first-order valence-electron chi connectivity index (χ1n) is 9.11. The summed E-state index contributed by atoms with van der Waals surface area (Å²) in [4.78, 5) is 4.96. The van der Waals surface area contributed by atoms with Gasteiger partial charge in [0.25, 0.3) is 0 Å². The van der Waals surface area contributed by atoms with Gasteiger partial charge in [0.05, 0.1) is 0 Å². The van der Waals surface area contributed by atoms with Crippen molar-refractivity contribution in [3.05, 3.63) is 35.5 Å². The number of likely N-dealkylation sites (tertiary alicyclic amines) is 2. The molecule has 2 fully saturated rings. The summed E-state index contributed by atoms with van der Waals surface area (Å²) in [7, 11) is 6.75. The second kappa shape index (κ2) is 5.95. The van der Waals surface area contributed by atoms with Crippen molar-refractivity contribution in [2.24, 2.45) is 7.05 Å². The van der Waals surface area contributed by atoms with Crippen LogP contribution in [0.2, 0.25) is 0 Å². The van der Waals surface area contributed by atoms with Crippen LogP contribution in [0.4, 0.5) is 0 Å². The minimum absolute atomic E-state index is 0.596. The van der Waals surface area contributed by atoms with Gasteiger partial charge in [-0.2, -0.15) is 0 Å². The lowest BCUT2D eigenvalue weighted by Crippen LogP contribution is -2.29. The zero-order valence-electron chi connectivity index (χ0n) is 14.8. The van der Waals surface area contributed by atoms with Crippen molar-refractivity contribution < 1.29 is 0 Å². The Kier molecular flexibility index (Phi) is 3.94. The number of rotatable bonds is 2. The Morgan fingerprint density at radius 2 is 1.70 bits per heavy atom. The Labute approximate surface area is 139 Å². The molecule has 0 saturated carbocycles. The van der Waals surface area contributed by atoms with E-state index >= 15 is 0 Å². The molecule has 23 heavy (non-hydrogen) atoms. The quantitative estimate of drug-likeness (QED) is 0.837. The molecular formula is C20H29N3. The molecule has 2 aliphatic rings. The molecule has 4 rings (SSSR count). The molecule has 3 heterocycles. The first-order valence-corrected chi connectivity index (χ1v) is 9.11. The SMILES string of the molecule is CN1CCC(c2ccc3cc([C@H]4CCCN4C)n(C)c3c2)CC1. The molecule has 2 aliphatic heterocycles. The number of hydrogen-bond donors (Lipinski definition) is 0. The fourth-order valence-corrected chi connectivity index (χ4v) is 4.57. The van der Waals surface area contributed by atoms with E-state index in [9.17, 15) is 0 Å². The van der Waals surface area contributed by atoms with E-state index in [0.717, 1.165) is 5.92 Å². The molecule has 0 radical (unpaired) electrons. The van der Waals surface area contributed by atoms with Crippen LogP contribution in [0, 0.1) is 0 Å². The molecule has 0 N–H and O–H groups in total. The van der Waals surface area contributed by atoms with Gasteiger partial charge in [-0.15, -0.1) is 0 Å². The van der Waals surface area contributed by atoms with E-state index in [1.54, 1.807) is 0 Å². The van der Waals surface area contributed by atoms with E-state index in [0.29, 0.717) is 6.04 Å². The minimum Gasteiger partial charge on any atom is -0.346 e. The average Bonchev–Trinajstić information content (AvgIpc) is 3.11. The Morgan fingerprint density at radius 3 is 2.39 bits per heavy atom. The summed E-state index contributed by atoms with van der Waals surface area (Å²) in [5.41, 5.74) is 4.44. The van der Waals surface area contributed by atoms with Gasteiger partial charge in [0.1, 0.15) is 0 Å². The van der Waals surface area contributed by atoms with Crippen LogP contribution in [0.5, 0.6) is 0 Å². The highest BCUT2D eigenvalue weighted by Crippen LogP contribution is 2.35. The molecule has 3 nitrogen and oxygen atoms in total. The fraction of sp³-hybridized carbons (Fsp3) is 0.600. The zero-order valence-corrected chi connectivity index (χ0v) is 14.8. The highest BCUT2D eigenvalue weighted by atomic mass is 15.2. The molecule has 1 atom stereocenters. The lowest BCUT2D eigenvalue weighted by atomic mass is 9.89. The number of piperidine rings is 1. The molecule has 3 heteroatoms. The first-order chi connectivity index (χ1) is 11.1. The Hall–Kier alpha value is -1.32. The van der Waals surface area contributed by atoms with Gasteiger partial charge in [0.2, 0.25) is 0 Å². The molecule has 0 amide bonds. The van der Waals surface area contributed by atoms with Crippen LogP contribution in [0.3, 0.4) is 0 Å². The molecule has 2 aromatic rings. The van der Waals surface area contributed by atoms with Crippen molar-refractivity contribution in [3.8, 4) is 0 Å². The van der Waals surface area contributed by atoms with Crippen molar-refractivity contribution >= 4 is 10.9 Å². The monoisotopic (exact) mass is 311 g/mol. The van der Waals surface area contributed by atoms with Gasteiger partial charge in [0, 0.05) is 24.3 Å². The third-order valence-electron chi connectivity index (χ3n) is 6.16.